The number of rotatable bonds is 7. The summed E-state index contributed by atoms with van der Waals surface area (Å²) in [5, 5.41) is 2.81. The maximum Gasteiger partial charge on any atom is 0.259 e. The minimum absolute atomic E-state index is 0.0585. The van der Waals surface area contributed by atoms with Crippen LogP contribution in [0.2, 0.25) is 0 Å². The molecule has 0 radical (unpaired) electrons. The van der Waals surface area contributed by atoms with Crippen molar-refractivity contribution in [3.05, 3.63) is 54.1 Å². The number of amides is 1. The molecule has 0 aliphatic carbocycles. The number of carbonyl (C=O) groups is 1. The van der Waals surface area contributed by atoms with E-state index in [1.807, 2.05) is 19.9 Å². The van der Waals surface area contributed by atoms with Crippen LogP contribution in [0.5, 0.6) is 5.75 Å². The van der Waals surface area contributed by atoms with Crippen LogP contribution in [0.1, 0.15) is 49.9 Å². The van der Waals surface area contributed by atoms with Gasteiger partial charge in [-0.25, -0.2) is 8.42 Å². The summed E-state index contributed by atoms with van der Waals surface area (Å²) in [5.74, 6) is 0.217. The van der Waals surface area contributed by atoms with E-state index in [1.54, 1.807) is 46.8 Å². The Morgan fingerprint density at radius 1 is 1.10 bits per heavy atom. The van der Waals surface area contributed by atoms with Gasteiger partial charge in [-0.1, -0.05) is 25.5 Å². The molecule has 0 aromatic heterocycles. The molecule has 0 saturated carbocycles. The SMILES string of the molecule is CCOc1ccccc1C(=O)Nc1ccc(S(=O)(=O)N2CCCCC2CC)cc1. The van der Waals surface area contributed by atoms with E-state index in [0.717, 1.165) is 25.7 Å². The number of sulfonamides is 1. The van der Waals surface area contributed by atoms with Gasteiger partial charge in [0.05, 0.1) is 17.1 Å². The fourth-order valence-electron chi connectivity index (χ4n) is 3.68. The lowest BCUT2D eigenvalue weighted by molar-refractivity contribution is 0.102. The molecule has 1 unspecified atom stereocenters. The van der Waals surface area contributed by atoms with Gasteiger partial charge in [0.15, 0.2) is 0 Å². The molecule has 2 aromatic carbocycles. The van der Waals surface area contributed by atoms with Crippen LogP contribution < -0.4 is 10.1 Å². The highest BCUT2D eigenvalue weighted by Crippen LogP contribution is 2.28. The normalized spacial score (nSPS) is 17.7. The van der Waals surface area contributed by atoms with Crippen LogP contribution in [-0.2, 0) is 10.0 Å². The molecular formula is C22H28N2O4S. The summed E-state index contributed by atoms with van der Waals surface area (Å²) in [5.41, 5.74) is 0.969. The highest BCUT2D eigenvalue weighted by Gasteiger charge is 2.32. The molecule has 1 saturated heterocycles. The van der Waals surface area contributed by atoms with Crippen molar-refractivity contribution < 1.29 is 17.9 Å². The summed E-state index contributed by atoms with van der Waals surface area (Å²) < 4.78 is 33.2. The quantitative estimate of drug-likeness (QED) is 0.730. The van der Waals surface area contributed by atoms with E-state index < -0.39 is 10.0 Å². The Balaban J connectivity index is 1.76. The van der Waals surface area contributed by atoms with Gasteiger partial charge in [0, 0.05) is 18.3 Å². The van der Waals surface area contributed by atoms with Crippen molar-refractivity contribution in [3.63, 3.8) is 0 Å². The molecule has 1 atom stereocenters. The van der Waals surface area contributed by atoms with Crippen molar-refractivity contribution >= 4 is 21.6 Å². The average molecular weight is 417 g/mol. The summed E-state index contributed by atoms with van der Waals surface area (Å²) >= 11 is 0. The van der Waals surface area contributed by atoms with Crippen LogP contribution in [-0.4, -0.2) is 37.8 Å². The third-order valence-electron chi connectivity index (χ3n) is 5.19. The first-order valence-corrected chi connectivity index (χ1v) is 11.6. The first-order chi connectivity index (χ1) is 14.0. The predicted octanol–water partition coefficient (Wildman–Crippen LogP) is 4.29. The second kappa shape index (κ2) is 9.41. The zero-order valence-electron chi connectivity index (χ0n) is 16.9. The third kappa shape index (κ3) is 4.79. The number of ether oxygens (including phenoxy) is 1. The Morgan fingerprint density at radius 2 is 1.83 bits per heavy atom. The summed E-state index contributed by atoms with van der Waals surface area (Å²) in [4.78, 5) is 12.9. The molecule has 0 spiro atoms. The van der Waals surface area contributed by atoms with Gasteiger partial charge in [0.2, 0.25) is 10.0 Å². The molecule has 1 aliphatic rings. The molecule has 7 heteroatoms. The number of nitrogens with zero attached hydrogens (tertiary/aromatic N) is 1. The summed E-state index contributed by atoms with van der Waals surface area (Å²) in [7, 11) is -3.53. The van der Waals surface area contributed by atoms with Gasteiger partial charge >= 0.3 is 0 Å². The van der Waals surface area contributed by atoms with Crippen molar-refractivity contribution in [3.8, 4) is 5.75 Å². The maximum atomic E-state index is 13.1. The molecule has 0 bridgehead atoms. The zero-order chi connectivity index (χ0) is 20.9. The lowest BCUT2D eigenvalue weighted by Crippen LogP contribution is -2.43. The largest absolute Gasteiger partial charge is 0.493 e. The van der Waals surface area contributed by atoms with E-state index in [0.29, 0.717) is 30.2 Å². The molecule has 2 aromatic rings. The number of hydrogen-bond donors (Lipinski definition) is 1. The Kier molecular flexibility index (Phi) is 6.92. The van der Waals surface area contributed by atoms with Crippen LogP contribution in [0.15, 0.2) is 53.4 Å². The lowest BCUT2D eigenvalue weighted by Gasteiger charge is -2.34. The van der Waals surface area contributed by atoms with Gasteiger partial charge in [0.1, 0.15) is 5.75 Å². The molecule has 1 amide bonds. The minimum atomic E-state index is -3.53. The molecule has 6 nitrogen and oxygen atoms in total. The summed E-state index contributed by atoms with van der Waals surface area (Å²) in [6, 6.07) is 13.4. The number of para-hydroxylation sites is 1. The lowest BCUT2D eigenvalue weighted by atomic mass is 10.0. The Bertz CT molecular complexity index is 942. The predicted molar refractivity (Wildman–Crippen MR) is 114 cm³/mol. The van der Waals surface area contributed by atoms with E-state index in [9.17, 15) is 13.2 Å². The average Bonchev–Trinajstić information content (AvgIpc) is 2.74. The monoisotopic (exact) mass is 416 g/mol. The Labute approximate surface area is 172 Å². The van der Waals surface area contributed by atoms with Crippen molar-refractivity contribution in [2.45, 2.75) is 50.5 Å². The second-order valence-corrected chi connectivity index (χ2v) is 8.97. The van der Waals surface area contributed by atoms with Gasteiger partial charge in [-0.3, -0.25) is 4.79 Å². The van der Waals surface area contributed by atoms with E-state index in [4.69, 9.17) is 4.74 Å². The van der Waals surface area contributed by atoms with Crippen LogP contribution in [0.4, 0.5) is 5.69 Å². The fraction of sp³-hybridized carbons (Fsp3) is 0.409. The number of carbonyl (C=O) groups excluding carboxylic acids is 1. The van der Waals surface area contributed by atoms with Gasteiger partial charge in [-0.2, -0.15) is 4.31 Å². The Morgan fingerprint density at radius 3 is 2.52 bits per heavy atom. The number of benzene rings is 2. The minimum Gasteiger partial charge on any atom is -0.493 e. The molecular weight excluding hydrogens is 388 g/mol. The molecule has 29 heavy (non-hydrogen) atoms. The molecule has 1 N–H and O–H groups in total. The van der Waals surface area contributed by atoms with Crippen LogP contribution >= 0.6 is 0 Å². The number of nitrogens with one attached hydrogen (secondary N) is 1. The highest BCUT2D eigenvalue weighted by molar-refractivity contribution is 7.89. The van der Waals surface area contributed by atoms with E-state index in [2.05, 4.69) is 5.32 Å². The van der Waals surface area contributed by atoms with Gasteiger partial charge in [-0.05, 0) is 62.6 Å². The van der Waals surface area contributed by atoms with E-state index in [1.165, 1.54) is 0 Å². The first-order valence-electron chi connectivity index (χ1n) is 10.1. The van der Waals surface area contributed by atoms with E-state index in [-0.39, 0.29) is 16.8 Å². The number of piperidine rings is 1. The van der Waals surface area contributed by atoms with Gasteiger partial charge < -0.3 is 10.1 Å². The van der Waals surface area contributed by atoms with Crippen LogP contribution in [0.3, 0.4) is 0 Å². The number of hydrogen-bond acceptors (Lipinski definition) is 4. The first kappa shape index (κ1) is 21.3. The van der Waals surface area contributed by atoms with Crippen molar-refractivity contribution in [2.75, 3.05) is 18.5 Å². The standard InChI is InChI=1S/C22H28N2O4S/c1-3-18-9-7-8-16-24(18)29(26,27)19-14-12-17(13-15-19)23-22(25)20-10-5-6-11-21(20)28-4-2/h5-6,10-15,18H,3-4,7-9,16H2,1-2H3,(H,23,25). The van der Waals surface area contributed by atoms with Crippen LogP contribution in [0.25, 0.3) is 0 Å². The van der Waals surface area contributed by atoms with E-state index >= 15 is 0 Å². The van der Waals surface area contributed by atoms with Gasteiger partial charge in [0.25, 0.3) is 5.91 Å². The molecule has 1 aliphatic heterocycles. The summed E-state index contributed by atoms with van der Waals surface area (Å²) in [6.45, 7) is 4.91. The molecule has 3 rings (SSSR count). The second-order valence-electron chi connectivity index (χ2n) is 7.08. The van der Waals surface area contributed by atoms with Crippen molar-refractivity contribution in [1.82, 2.24) is 4.31 Å². The summed E-state index contributed by atoms with van der Waals surface area (Å²) in [6.07, 6.45) is 3.68. The van der Waals surface area contributed by atoms with Gasteiger partial charge in [-0.15, -0.1) is 0 Å². The third-order valence-corrected chi connectivity index (χ3v) is 7.16. The van der Waals surface area contributed by atoms with Crippen molar-refractivity contribution in [1.29, 1.82) is 0 Å². The highest BCUT2D eigenvalue weighted by atomic mass is 32.2. The Hall–Kier alpha value is -2.38. The molecule has 1 fully saturated rings. The molecule has 156 valence electrons. The topological polar surface area (TPSA) is 75.7 Å². The van der Waals surface area contributed by atoms with Crippen LogP contribution in [0, 0.1) is 0 Å². The van der Waals surface area contributed by atoms with Crippen molar-refractivity contribution in [2.24, 2.45) is 0 Å². The maximum absolute atomic E-state index is 13.1. The zero-order valence-corrected chi connectivity index (χ0v) is 17.7. The fourth-order valence-corrected chi connectivity index (χ4v) is 5.45. The number of anilines is 1. The molecule has 1 heterocycles. The smallest absolute Gasteiger partial charge is 0.259 e.